The molecule has 1 aromatic heterocycles. The number of halogens is 5. The van der Waals surface area contributed by atoms with Gasteiger partial charge in [0.2, 0.25) is 11.9 Å². The molecule has 8 nitrogen and oxygen atoms in total. The Balaban J connectivity index is 1.12. The first-order chi connectivity index (χ1) is 22.3. The lowest BCUT2D eigenvalue weighted by Crippen LogP contribution is -2.35. The highest BCUT2D eigenvalue weighted by molar-refractivity contribution is 6.39. The van der Waals surface area contributed by atoms with Crippen LogP contribution < -0.4 is 20.9 Å². The molecule has 2 atom stereocenters. The van der Waals surface area contributed by atoms with Crippen LogP contribution in [0, 0.1) is 29.1 Å². The van der Waals surface area contributed by atoms with Gasteiger partial charge in [-0.3, -0.25) is 9.59 Å². The van der Waals surface area contributed by atoms with Crippen molar-refractivity contribution < 1.29 is 22.8 Å². The van der Waals surface area contributed by atoms with E-state index < -0.39 is 12.1 Å². The number of carbonyl (C=O) groups excluding carboxylic acids is 2. The molecule has 2 heterocycles. The number of aromatic nitrogens is 2. The highest BCUT2D eigenvalue weighted by Gasteiger charge is 2.46. The van der Waals surface area contributed by atoms with E-state index in [2.05, 4.69) is 20.9 Å². The van der Waals surface area contributed by atoms with Crippen LogP contribution in [0.3, 0.4) is 0 Å². The number of alkyl halides is 3. The number of nitrogens with one attached hydrogen (secondary N) is 3. The SMILES string of the molecule is Cn1c(Nc2c(Cl)ccc(CNC(=O)C3(C)CC3)c2Cl)nc2cc(C(=O)NCC3CCC(C(F)(F)F)CC3)c(N3CC4CC4C3)cc21. The maximum absolute atomic E-state index is 13.7. The van der Waals surface area contributed by atoms with Crippen LogP contribution in [0.5, 0.6) is 0 Å². The summed E-state index contributed by atoms with van der Waals surface area (Å²) >= 11 is 13.4. The van der Waals surface area contributed by atoms with E-state index in [-0.39, 0.29) is 42.5 Å². The van der Waals surface area contributed by atoms with Gasteiger partial charge in [-0.05, 0) is 86.5 Å². The number of aryl methyl sites for hydroxylation is 1. The number of carbonyl (C=O) groups is 2. The summed E-state index contributed by atoms with van der Waals surface area (Å²) in [6, 6.07) is 7.31. The minimum absolute atomic E-state index is 0.00756. The van der Waals surface area contributed by atoms with Gasteiger partial charge in [0.15, 0.2) is 0 Å². The fourth-order valence-electron chi connectivity index (χ4n) is 7.17. The van der Waals surface area contributed by atoms with Crippen LogP contribution in [0.1, 0.15) is 67.8 Å². The second-order valence-electron chi connectivity index (χ2n) is 14.2. The summed E-state index contributed by atoms with van der Waals surface area (Å²) in [7, 11) is 1.88. The third-order valence-corrected chi connectivity index (χ3v) is 11.6. The van der Waals surface area contributed by atoms with Crippen LogP contribution in [-0.2, 0) is 18.4 Å². The van der Waals surface area contributed by atoms with Crippen LogP contribution in [0.25, 0.3) is 11.0 Å². The van der Waals surface area contributed by atoms with Gasteiger partial charge in [0.1, 0.15) is 0 Å². The Hall–Kier alpha value is -3.18. The number of hydrogen-bond donors (Lipinski definition) is 3. The van der Waals surface area contributed by atoms with Crippen molar-refractivity contribution in [1.29, 1.82) is 0 Å². The zero-order chi connectivity index (χ0) is 33.2. The van der Waals surface area contributed by atoms with Gasteiger partial charge in [-0.1, -0.05) is 36.2 Å². The Kier molecular flexibility index (Phi) is 8.30. The Morgan fingerprint density at radius 1 is 1.04 bits per heavy atom. The summed E-state index contributed by atoms with van der Waals surface area (Å²) in [5, 5.41) is 10.1. The normalized spacial score (nSPS) is 24.6. The molecule has 0 spiro atoms. The lowest BCUT2D eigenvalue weighted by Gasteiger charge is -2.30. The average Bonchev–Trinajstić information content (AvgIpc) is 3.91. The highest BCUT2D eigenvalue weighted by Crippen LogP contribution is 2.48. The largest absolute Gasteiger partial charge is 0.391 e. The fraction of sp³-hybridized carbons (Fsp3) is 0.559. The van der Waals surface area contributed by atoms with E-state index in [0.717, 1.165) is 42.7 Å². The van der Waals surface area contributed by atoms with Crippen molar-refractivity contribution in [1.82, 2.24) is 20.2 Å². The Labute approximate surface area is 281 Å². The van der Waals surface area contributed by atoms with E-state index in [1.807, 2.05) is 24.6 Å². The fourth-order valence-corrected chi connectivity index (χ4v) is 7.70. The van der Waals surface area contributed by atoms with E-state index in [9.17, 15) is 22.8 Å². The van der Waals surface area contributed by atoms with Gasteiger partial charge in [-0.25, -0.2) is 4.98 Å². The summed E-state index contributed by atoms with van der Waals surface area (Å²) in [5.74, 6) is 0.288. The van der Waals surface area contributed by atoms with Crippen LogP contribution in [0.15, 0.2) is 24.3 Å². The van der Waals surface area contributed by atoms with E-state index in [1.54, 1.807) is 18.2 Å². The van der Waals surface area contributed by atoms with Crippen molar-refractivity contribution in [3.63, 3.8) is 0 Å². The molecule has 0 radical (unpaired) electrons. The van der Waals surface area contributed by atoms with Crippen LogP contribution >= 0.6 is 23.2 Å². The number of hydrogen-bond acceptors (Lipinski definition) is 5. The number of imidazole rings is 1. The van der Waals surface area contributed by atoms with E-state index in [1.165, 1.54) is 6.42 Å². The minimum Gasteiger partial charge on any atom is -0.370 e. The van der Waals surface area contributed by atoms with Crippen molar-refractivity contribution in [3.05, 3.63) is 45.4 Å². The summed E-state index contributed by atoms with van der Waals surface area (Å²) < 4.78 is 41.3. The van der Waals surface area contributed by atoms with E-state index in [0.29, 0.717) is 64.0 Å². The number of piperidine rings is 1. The molecule has 252 valence electrons. The molecule has 4 aliphatic rings. The van der Waals surface area contributed by atoms with E-state index >= 15 is 0 Å². The lowest BCUT2D eigenvalue weighted by atomic mass is 9.81. The monoisotopic (exact) mass is 690 g/mol. The quantitative estimate of drug-likeness (QED) is 0.215. The summed E-state index contributed by atoms with van der Waals surface area (Å²) in [5.41, 5.74) is 3.64. The molecule has 3 saturated carbocycles. The lowest BCUT2D eigenvalue weighted by molar-refractivity contribution is -0.183. The molecule has 2 aromatic carbocycles. The summed E-state index contributed by atoms with van der Waals surface area (Å²) in [6.45, 7) is 4.33. The van der Waals surface area contributed by atoms with Crippen molar-refractivity contribution in [3.8, 4) is 0 Å². The molecule has 2 unspecified atom stereocenters. The third-order valence-electron chi connectivity index (χ3n) is 10.8. The zero-order valence-electron chi connectivity index (χ0n) is 26.4. The smallest absolute Gasteiger partial charge is 0.370 e. The van der Waals surface area contributed by atoms with Crippen molar-refractivity contribution in [2.24, 2.45) is 36.1 Å². The second kappa shape index (κ2) is 12.1. The van der Waals surface area contributed by atoms with Crippen LogP contribution in [0.2, 0.25) is 10.0 Å². The first-order valence-electron chi connectivity index (χ1n) is 16.4. The Morgan fingerprint density at radius 3 is 2.40 bits per heavy atom. The molecule has 0 bridgehead atoms. The zero-order valence-corrected chi connectivity index (χ0v) is 28.0. The molecule has 13 heteroatoms. The third kappa shape index (κ3) is 6.49. The van der Waals surface area contributed by atoms with Crippen molar-refractivity contribution >= 4 is 63.4 Å². The predicted molar refractivity (Wildman–Crippen MR) is 177 cm³/mol. The molecule has 2 amide bonds. The maximum atomic E-state index is 13.7. The molecule has 1 aliphatic heterocycles. The van der Waals surface area contributed by atoms with Gasteiger partial charge in [-0.15, -0.1) is 0 Å². The number of amides is 2. The average molecular weight is 692 g/mol. The van der Waals surface area contributed by atoms with Gasteiger partial charge in [0, 0.05) is 38.6 Å². The van der Waals surface area contributed by atoms with Gasteiger partial charge in [0.25, 0.3) is 5.91 Å². The molecule has 47 heavy (non-hydrogen) atoms. The number of anilines is 3. The Morgan fingerprint density at radius 2 is 1.74 bits per heavy atom. The minimum atomic E-state index is -4.16. The number of rotatable bonds is 9. The van der Waals surface area contributed by atoms with Gasteiger partial charge in [0.05, 0.1) is 43.9 Å². The van der Waals surface area contributed by atoms with Crippen molar-refractivity contribution in [2.75, 3.05) is 29.9 Å². The molecule has 3 aliphatic carbocycles. The standard InChI is InChI=1S/C34H39Cl2F3N6O2/c1-33(9-10-33)31(47)41-15-19-5-8-24(35)29(28(19)36)43-32-42-25-12-23(26(13-27(25)44(32)2)45-16-20-11-21(20)17-45)30(46)40-14-18-3-6-22(7-4-18)34(37,38)39/h5,8,12-13,18,20-22H,3-4,6-7,9-11,14-17H2,1-2H3,(H,40,46)(H,41,47)(H,42,43). The molecular weight excluding hydrogens is 652 g/mol. The van der Waals surface area contributed by atoms with Crippen LogP contribution in [-0.4, -0.2) is 47.2 Å². The van der Waals surface area contributed by atoms with Crippen LogP contribution in [0.4, 0.5) is 30.5 Å². The van der Waals surface area contributed by atoms with Gasteiger partial charge in [-0.2, -0.15) is 13.2 Å². The predicted octanol–water partition coefficient (Wildman–Crippen LogP) is 7.59. The molecule has 3 aromatic rings. The number of fused-ring (bicyclic) bond motifs is 2. The number of nitrogens with zero attached hydrogens (tertiary/aromatic N) is 3. The van der Waals surface area contributed by atoms with Gasteiger partial charge < -0.3 is 25.4 Å². The Bertz CT molecular complexity index is 1720. The maximum Gasteiger partial charge on any atom is 0.391 e. The molecular formula is C34H39Cl2F3N6O2. The molecule has 1 saturated heterocycles. The molecule has 4 fully saturated rings. The van der Waals surface area contributed by atoms with Gasteiger partial charge >= 0.3 is 6.18 Å². The summed E-state index contributed by atoms with van der Waals surface area (Å²) in [6.07, 6.45) is -0.0930. The van der Waals surface area contributed by atoms with Crippen molar-refractivity contribution in [2.45, 2.75) is 64.6 Å². The topological polar surface area (TPSA) is 91.3 Å². The van der Waals surface area contributed by atoms with E-state index in [4.69, 9.17) is 28.2 Å². The first-order valence-corrected chi connectivity index (χ1v) is 17.2. The second-order valence-corrected chi connectivity index (χ2v) is 15.0. The molecule has 3 N–H and O–H groups in total. The summed E-state index contributed by atoms with van der Waals surface area (Å²) in [4.78, 5) is 33.3. The number of benzene rings is 2. The highest BCUT2D eigenvalue weighted by atomic mass is 35.5. The first kappa shape index (κ1) is 32.4. The molecule has 7 rings (SSSR count).